The molecule has 3 heteroatoms. The van der Waals surface area contributed by atoms with Gasteiger partial charge >= 0.3 is 0 Å². The zero-order chi connectivity index (χ0) is 13.2. The van der Waals surface area contributed by atoms with Crippen LogP contribution in [0.3, 0.4) is 0 Å². The van der Waals surface area contributed by atoms with Crippen molar-refractivity contribution in [2.75, 3.05) is 13.7 Å². The van der Waals surface area contributed by atoms with Crippen LogP contribution in [0.2, 0.25) is 0 Å². The molecule has 0 saturated carbocycles. The van der Waals surface area contributed by atoms with Gasteiger partial charge in [0.1, 0.15) is 11.4 Å². The molecule has 1 aliphatic rings. The van der Waals surface area contributed by atoms with E-state index in [4.69, 9.17) is 9.47 Å². The largest absolute Gasteiger partial charge is 0.496 e. The lowest BCUT2D eigenvalue weighted by molar-refractivity contribution is -0.136. The molecule has 0 N–H and O–H groups in total. The topological polar surface area (TPSA) is 35.5 Å². The van der Waals surface area contributed by atoms with E-state index in [1.165, 1.54) is 0 Å². The number of carbonyl (C=O) groups excluding carboxylic acids is 1. The van der Waals surface area contributed by atoms with Gasteiger partial charge < -0.3 is 9.47 Å². The third kappa shape index (κ3) is 2.56. The minimum absolute atomic E-state index is 0.143. The van der Waals surface area contributed by atoms with Gasteiger partial charge in [-0.15, -0.1) is 0 Å². The van der Waals surface area contributed by atoms with Crippen LogP contribution in [0.25, 0.3) is 0 Å². The number of ether oxygens (including phenoxy) is 2. The highest BCUT2D eigenvalue weighted by Crippen LogP contribution is 2.29. The molecule has 1 aromatic carbocycles. The number of Topliss-reactive ketones (excluding diaryl/α,β-unsaturated/α-hetero) is 1. The minimum Gasteiger partial charge on any atom is -0.496 e. The summed E-state index contributed by atoms with van der Waals surface area (Å²) in [5.74, 6) is 0.916. The summed E-state index contributed by atoms with van der Waals surface area (Å²) in [5.41, 5.74) is 1.48. The molecule has 1 atom stereocenters. The molecule has 0 spiro atoms. The second-order valence-electron chi connectivity index (χ2n) is 5.10. The van der Waals surface area contributed by atoms with E-state index in [1.54, 1.807) is 7.11 Å². The Morgan fingerprint density at radius 1 is 1.50 bits per heavy atom. The molecule has 0 aliphatic carbocycles. The molecule has 98 valence electrons. The van der Waals surface area contributed by atoms with Gasteiger partial charge in [0.25, 0.3) is 0 Å². The molecule has 1 saturated heterocycles. The van der Waals surface area contributed by atoms with Gasteiger partial charge in [-0.05, 0) is 32.8 Å². The Hall–Kier alpha value is -1.35. The lowest BCUT2D eigenvalue weighted by Crippen LogP contribution is -2.35. The predicted molar refractivity (Wildman–Crippen MR) is 70.0 cm³/mol. The van der Waals surface area contributed by atoms with Crippen LogP contribution in [0.4, 0.5) is 0 Å². The first-order valence-corrected chi connectivity index (χ1v) is 6.36. The lowest BCUT2D eigenvalue weighted by Gasteiger charge is -2.22. The highest BCUT2D eigenvalue weighted by molar-refractivity contribution is 5.89. The maximum Gasteiger partial charge on any atom is 0.168 e. The molecule has 3 nitrogen and oxygen atoms in total. The summed E-state index contributed by atoms with van der Waals surface area (Å²) < 4.78 is 10.9. The van der Waals surface area contributed by atoms with E-state index in [1.807, 2.05) is 32.0 Å². The van der Waals surface area contributed by atoms with Crippen molar-refractivity contribution in [3.63, 3.8) is 0 Å². The third-order valence-corrected chi connectivity index (χ3v) is 3.60. The molecular weight excluding hydrogens is 228 g/mol. The Balaban J connectivity index is 2.18. The number of aryl methyl sites for hydroxylation is 1. The SMILES string of the molecule is COc1ccc(C)cc1CC(=O)C1(C)CCCO1. The van der Waals surface area contributed by atoms with Crippen LogP contribution in [-0.4, -0.2) is 25.1 Å². The summed E-state index contributed by atoms with van der Waals surface area (Å²) >= 11 is 0. The average molecular weight is 248 g/mol. The van der Waals surface area contributed by atoms with Crippen LogP contribution >= 0.6 is 0 Å². The van der Waals surface area contributed by atoms with Crippen molar-refractivity contribution in [3.8, 4) is 5.75 Å². The van der Waals surface area contributed by atoms with Gasteiger partial charge in [-0.1, -0.05) is 17.7 Å². The fourth-order valence-corrected chi connectivity index (χ4v) is 2.40. The molecule has 18 heavy (non-hydrogen) atoms. The first-order chi connectivity index (χ1) is 8.55. The summed E-state index contributed by atoms with van der Waals surface area (Å²) in [6.07, 6.45) is 2.16. The van der Waals surface area contributed by atoms with E-state index < -0.39 is 5.60 Å². The maximum absolute atomic E-state index is 12.3. The van der Waals surface area contributed by atoms with Gasteiger partial charge in [-0.2, -0.15) is 0 Å². The molecule has 0 bridgehead atoms. The fourth-order valence-electron chi connectivity index (χ4n) is 2.40. The van der Waals surface area contributed by atoms with E-state index in [9.17, 15) is 4.79 Å². The van der Waals surface area contributed by atoms with E-state index in [-0.39, 0.29) is 5.78 Å². The molecule has 2 rings (SSSR count). The lowest BCUT2D eigenvalue weighted by atomic mass is 9.92. The van der Waals surface area contributed by atoms with Crippen molar-refractivity contribution in [2.45, 2.75) is 38.7 Å². The quantitative estimate of drug-likeness (QED) is 0.821. The smallest absolute Gasteiger partial charge is 0.168 e. The van der Waals surface area contributed by atoms with E-state index >= 15 is 0 Å². The van der Waals surface area contributed by atoms with Crippen LogP contribution in [0.15, 0.2) is 18.2 Å². The number of rotatable bonds is 4. The molecule has 0 radical (unpaired) electrons. The zero-order valence-corrected chi connectivity index (χ0v) is 11.3. The molecule has 0 aromatic heterocycles. The molecular formula is C15H20O3. The van der Waals surface area contributed by atoms with Crippen LogP contribution in [0, 0.1) is 6.92 Å². The predicted octanol–water partition coefficient (Wildman–Crippen LogP) is 2.68. The summed E-state index contributed by atoms with van der Waals surface area (Å²) in [4.78, 5) is 12.3. The van der Waals surface area contributed by atoms with Crippen molar-refractivity contribution in [1.82, 2.24) is 0 Å². The Kier molecular flexibility index (Phi) is 3.71. The van der Waals surface area contributed by atoms with E-state index in [2.05, 4.69) is 0 Å². The van der Waals surface area contributed by atoms with Crippen molar-refractivity contribution in [3.05, 3.63) is 29.3 Å². The highest BCUT2D eigenvalue weighted by Gasteiger charge is 2.37. The van der Waals surface area contributed by atoms with Gasteiger partial charge in [0, 0.05) is 18.6 Å². The maximum atomic E-state index is 12.3. The Morgan fingerprint density at radius 2 is 2.28 bits per heavy atom. The van der Waals surface area contributed by atoms with Crippen LogP contribution in [0.5, 0.6) is 5.75 Å². The van der Waals surface area contributed by atoms with Gasteiger partial charge in [-0.3, -0.25) is 4.79 Å². The third-order valence-electron chi connectivity index (χ3n) is 3.60. The van der Waals surface area contributed by atoms with Crippen molar-refractivity contribution in [1.29, 1.82) is 0 Å². The van der Waals surface area contributed by atoms with Gasteiger partial charge in [0.15, 0.2) is 5.78 Å². The fraction of sp³-hybridized carbons (Fsp3) is 0.533. The van der Waals surface area contributed by atoms with Crippen molar-refractivity contribution >= 4 is 5.78 Å². The van der Waals surface area contributed by atoms with E-state index in [0.717, 1.165) is 29.7 Å². The van der Waals surface area contributed by atoms with E-state index in [0.29, 0.717) is 13.0 Å². The molecule has 1 aromatic rings. The summed E-state index contributed by atoms with van der Waals surface area (Å²) in [6.45, 7) is 4.60. The van der Waals surface area contributed by atoms with Crippen LogP contribution in [-0.2, 0) is 16.0 Å². The van der Waals surface area contributed by atoms with Gasteiger partial charge in [-0.25, -0.2) is 0 Å². The van der Waals surface area contributed by atoms with Crippen LogP contribution in [0.1, 0.15) is 30.9 Å². The van der Waals surface area contributed by atoms with Gasteiger partial charge in [0.05, 0.1) is 7.11 Å². The number of methoxy groups -OCH3 is 1. The number of hydrogen-bond acceptors (Lipinski definition) is 3. The zero-order valence-electron chi connectivity index (χ0n) is 11.3. The summed E-state index contributed by atoms with van der Waals surface area (Å²) in [6, 6.07) is 5.91. The van der Waals surface area contributed by atoms with Gasteiger partial charge in [0.2, 0.25) is 0 Å². The monoisotopic (exact) mass is 248 g/mol. The Bertz CT molecular complexity index is 445. The summed E-state index contributed by atoms with van der Waals surface area (Å²) in [7, 11) is 1.63. The molecule has 0 amide bonds. The first kappa shape index (κ1) is 13.1. The minimum atomic E-state index is -0.602. The number of hydrogen-bond donors (Lipinski definition) is 0. The number of carbonyl (C=O) groups is 1. The Morgan fingerprint density at radius 3 is 2.89 bits per heavy atom. The highest BCUT2D eigenvalue weighted by atomic mass is 16.5. The summed E-state index contributed by atoms with van der Waals surface area (Å²) in [5, 5.41) is 0. The molecule has 1 fully saturated rings. The Labute approximate surface area is 108 Å². The van der Waals surface area contributed by atoms with Crippen molar-refractivity contribution < 1.29 is 14.3 Å². The first-order valence-electron chi connectivity index (χ1n) is 6.36. The molecule has 1 aliphatic heterocycles. The standard InChI is InChI=1S/C15H20O3/c1-11-5-6-13(17-3)12(9-11)10-14(16)15(2)7-4-8-18-15/h5-6,9H,4,7-8,10H2,1-3H3. The molecule has 1 heterocycles. The average Bonchev–Trinajstić information content (AvgIpc) is 2.78. The van der Waals surface area contributed by atoms with Crippen molar-refractivity contribution in [2.24, 2.45) is 0 Å². The second kappa shape index (κ2) is 5.11. The second-order valence-corrected chi connectivity index (χ2v) is 5.10. The number of benzene rings is 1. The number of ketones is 1. The van der Waals surface area contributed by atoms with Crippen LogP contribution < -0.4 is 4.74 Å². The normalized spacial score (nSPS) is 23.1. The molecule has 1 unspecified atom stereocenters.